The van der Waals surface area contributed by atoms with Gasteiger partial charge >= 0.3 is 5.97 Å². The summed E-state index contributed by atoms with van der Waals surface area (Å²) in [5.74, 6) is -0.774. The molecular weight excluding hydrogens is 324 g/mol. The molecule has 22 heavy (non-hydrogen) atoms. The number of carbonyl (C=O) groups excluding carboxylic acids is 1. The Labute approximate surface area is 136 Å². The van der Waals surface area contributed by atoms with Gasteiger partial charge in [0.1, 0.15) is 11.1 Å². The number of hydrogen-bond acceptors (Lipinski definition) is 4. The van der Waals surface area contributed by atoms with Gasteiger partial charge in [0.2, 0.25) is 0 Å². The van der Waals surface area contributed by atoms with Crippen LogP contribution in [0.2, 0.25) is 0 Å². The number of carboxylic acids is 1. The van der Waals surface area contributed by atoms with Crippen molar-refractivity contribution in [1.29, 1.82) is 0 Å². The van der Waals surface area contributed by atoms with Gasteiger partial charge in [-0.1, -0.05) is 30.3 Å². The van der Waals surface area contributed by atoms with Gasteiger partial charge in [0.25, 0.3) is 5.91 Å². The highest BCUT2D eigenvalue weighted by Crippen LogP contribution is 2.41. The molecule has 2 heterocycles. The minimum Gasteiger partial charge on any atom is -0.477 e. The fourth-order valence-electron chi connectivity index (χ4n) is 2.48. The van der Waals surface area contributed by atoms with Crippen LogP contribution < -0.4 is 0 Å². The van der Waals surface area contributed by atoms with E-state index in [1.807, 2.05) is 30.3 Å². The SMILES string of the molecule is O=C(O)C1=C(CCl)CS[C@H]2C(N=Cc3ccccc3)C(=O)N12. The summed E-state index contributed by atoms with van der Waals surface area (Å²) in [6.45, 7) is 0. The molecule has 1 aromatic carbocycles. The van der Waals surface area contributed by atoms with E-state index in [0.717, 1.165) is 5.56 Å². The molecule has 114 valence electrons. The quantitative estimate of drug-likeness (QED) is 0.518. The minimum absolute atomic E-state index is 0.0231. The second-order valence-electron chi connectivity index (χ2n) is 4.93. The number of thioether (sulfide) groups is 1. The number of nitrogens with zero attached hydrogens (tertiary/aromatic N) is 2. The van der Waals surface area contributed by atoms with Crippen molar-refractivity contribution in [1.82, 2.24) is 4.90 Å². The van der Waals surface area contributed by atoms with E-state index in [1.165, 1.54) is 16.7 Å². The summed E-state index contributed by atoms with van der Waals surface area (Å²) in [4.78, 5) is 29.3. The van der Waals surface area contributed by atoms with E-state index in [2.05, 4.69) is 4.99 Å². The van der Waals surface area contributed by atoms with E-state index in [1.54, 1.807) is 6.21 Å². The average Bonchev–Trinajstić information content (AvgIpc) is 2.54. The maximum Gasteiger partial charge on any atom is 0.352 e. The molecule has 0 saturated carbocycles. The number of benzene rings is 1. The van der Waals surface area contributed by atoms with Crippen molar-refractivity contribution in [3.05, 3.63) is 47.2 Å². The number of rotatable bonds is 4. The zero-order chi connectivity index (χ0) is 15.7. The summed E-state index contributed by atoms with van der Waals surface area (Å²) in [7, 11) is 0. The number of hydrogen-bond donors (Lipinski definition) is 1. The standard InChI is InChI=1S/C15H13ClN2O3S/c16-6-10-8-22-14-11(13(19)18(14)12(10)15(20)21)17-7-9-4-2-1-3-5-9/h1-5,7,11,14H,6,8H2,(H,20,21)/t11?,14-/m0/s1. The van der Waals surface area contributed by atoms with E-state index < -0.39 is 12.0 Å². The Bertz CT molecular complexity index is 675. The number of fused-ring (bicyclic) bond motifs is 1. The van der Waals surface area contributed by atoms with Crippen LogP contribution in [0.3, 0.4) is 0 Å². The van der Waals surface area contributed by atoms with E-state index in [9.17, 15) is 14.7 Å². The van der Waals surface area contributed by atoms with Gasteiger partial charge in [-0.25, -0.2) is 4.79 Å². The lowest BCUT2D eigenvalue weighted by atomic mass is 10.0. The van der Waals surface area contributed by atoms with Crippen molar-refractivity contribution >= 4 is 41.5 Å². The third-order valence-corrected chi connectivity index (χ3v) is 5.21. The Balaban J connectivity index is 1.81. The van der Waals surface area contributed by atoms with E-state index in [-0.39, 0.29) is 22.9 Å². The molecule has 1 saturated heterocycles. The molecule has 1 aromatic rings. The molecule has 1 unspecified atom stereocenters. The molecule has 1 amide bonds. The molecule has 1 N–H and O–H groups in total. The normalized spacial score (nSPS) is 24.4. The summed E-state index contributed by atoms with van der Waals surface area (Å²) in [5.41, 5.74) is 1.51. The van der Waals surface area contributed by atoms with Gasteiger partial charge in [-0.3, -0.25) is 14.7 Å². The summed E-state index contributed by atoms with van der Waals surface area (Å²) in [6.07, 6.45) is 1.65. The van der Waals surface area contributed by atoms with Gasteiger partial charge in [0.05, 0.1) is 0 Å². The van der Waals surface area contributed by atoms with Gasteiger partial charge in [0.15, 0.2) is 6.04 Å². The van der Waals surface area contributed by atoms with Crippen LogP contribution in [0.1, 0.15) is 5.56 Å². The number of aliphatic carboxylic acids is 1. The molecule has 2 aliphatic heterocycles. The Hall–Kier alpha value is -1.79. The van der Waals surface area contributed by atoms with Crippen LogP contribution in [0.5, 0.6) is 0 Å². The summed E-state index contributed by atoms with van der Waals surface area (Å²) >= 11 is 7.28. The van der Waals surface area contributed by atoms with Crippen LogP contribution in [0.25, 0.3) is 0 Å². The number of carbonyl (C=O) groups is 2. The Morgan fingerprint density at radius 1 is 1.45 bits per heavy atom. The van der Waals surface area contributed by atoms with E-state index in [4.69, 9.17) is 11.6 Å². The number of carboxylic acid groups (broad SMARTS) is 1. The van der Waals surface area contributed by atoms with Crippen molar-refractivity contribution < 1.29 is 14.7 Å². The average molecular weight is 337 g/mol. The molecule has 0 bridgehead atoms. The van der Waals surface area contributed by atoms with Crippen LogP contribution >= 0.6 is 23.4 Å². The monoisotopic (exact) mass is 336 g/mol. The number of amides is 1. The molecular formula is C15H13ClN2O3S. The van der Waals surface area contributed by atoms with Crippen LogP contribution in [0, 0.1) is 0 Å². The molecule has 0 aromatic heterocycles. The van der Waals surface area contributed by atoms with Crippen LogP contribution in [-0.4, -0.2) is 51.1 Å². The molecule has 5 nitrogen and oxygen atoms in total. The first-order valence-electron chi connectivity index (χ1n) is 6.67. The van der Waals surface area contributed by atoms with Crippen molar-refractivity contribution in [2.75, 3.05) is 11.6 Å². The van der Waals surface area contributed by atoms with Crippen molar-refractivity contribution in [2.24, 2.45) is 4.99 Å². The molecule has 0 spiro atoms. The third kappa shape index (κ3) is 2.53. The number of alkyl halides is 1. The number of β-lactam (4-membered cyclic amide) rings is 1. The lowest BCUT2D eigenvalue weighted by molar-refractivity contribution is -0.147. The second kappa shape index (κ2) is 6.14. The van der Waals surface area contributed by atoms with Gasteiger partial charge in [0, 0.05) is 17.8 Å². The van der Waals surface area contributed by atoms with E-state index in [0.29, 0.717) is 11.3 Å². The third-order valence-electron chi connectivity index (χ3n) is 3.57. The summed E-state index contributed by atoms with van der Waals surface area (Å²) in [5, 5.41) is 9.06. The summed E-state index contributed by atoms with van der Waals surface area (Å²) < 4.78 is 0. The van der Waals surface area contributed by atoms with Crippen LogP contribution in [0.15, 0.2) is 46.6 Å². The van der Waals surface area contributed by atoms with Crippen LogP contribution in [0.4, 0.5) is 0 Å². The largest absolute Gasteiger partial charge is 0.477 e. The highest BCUT2D eigenvalue weighted by Gasteiger charge is 2.53. The van der Waals surface area contributed by atoms with Crippen LogP contribution in [-0.2, 0) is 9.59 Å². The smallest absolute Gasteiger partial charge is 0.352 e. The Kier molecular flexibility index (Phi) is 4.22. The molecule has 3 rings (SSSR count). The van der Waals surface area contributed by atoms with Gasteiger partial charge < -0.3 is 5.11 Å². The van der Waals surface area contributed by atoms with Crippen molar-refractivity contribution in [3.63, 3.8) is 0 Å². The maximum absolute atomic E-state index is 12.3. The zero-order valence-electron chi connectivity index (χ0n) is 11.5. The first kappa shape index (κ1) is 15.1. The lowest BCUT2D eigenvalue weighted by Crippen LogP contribution is -2.64. The molecule has 2 aliphatic rings. The topological polar surface area (TPSA) is 70.0 Å². The fourth-order valence-corrected chi connectivity index (χ4v) is 4.15. The first-order valence-corrected chi connectivity index (χ1v) is 8.26. The Morgan fingerprint density at radius 3 is 2.82 bits per heavy atom. The van der Waals surface area contributed by atoms with E-state index >= 15 is 0 Å². The molecule has 2 atom stereocenters. The predicted molar refractivity (Wildman–Crippen MR) is 86.3 cm³/mol. The highest BCUT2D eigenvalue weighted by molar-refractivity contribution is 8.00. The maximum atomic E-state index is 12.3. The molecule has 7 heteroatoms. The molecule has 1 fully saturated rings. The second-order valence-corrected chi connectivity index (χ2v) is 6.31. The molecule has 0 aliphatic carbocycles. The highest BCUT2D eigenvalue weighted by atomic mass is 35.5. The minimum atomic E-state index is -1.11. The zero-order valence-corrected chi connectivity index (χ0v) is 13.0. The molecule has 0 radical (unpaired) electrons. The van der Waals surface area contributed by atoms with Gasteiger partial charge in [-0.05, 0) is 11.1 Å². The van der Waals surface area contributed by atoms with Gasteiger partial charge in [-0.2, -0.15) is 0 Å². The van der Waals surface area contributed by atoms with Crippen molar-refractivity contribution in [2.45, 2.75) is 11.4 Å². The summed E-state index contributed by atoms with van der Waals surface area (Å²) in [6, 6.07) is 8.95. The van der Waals surface area contributed by atoms with Gasteiger partial charge in [-0.15, -0.1) is 23.4 Å². The lowest BCUT2D eigenvalue weighted by Gasteiger charge is -2.47. The Morgan fingerprint density at radius 2 is 2.18 bits per heavy atom. The number of aliphatic imine (C=N–C) groups is 1. The number of halogens is 1. The predicted octanol–water partition coefficient (Wildman–Crippen LogP) is 1.97. The first-order chi connectivity index (χ1) is 10.6. The van der Waals surface area contributed by atoms with Crippen molar-refractivity contribution in [3.8, 4) is 0 Å². The fraction of sp³-hybridized carbons (Fsp3) is 0.267.